The predicted octanol–water partition coefficient (Wildman–Crippen LogP) is 2.73. The Balaban J connectivity index is 2.31. The van der Waals surface area contributed by atoms with E-state index >= 15 is 0 Å². The summed E-state index contributed by atoms with van der Waals surface area (Å²) >= 11 is 0. The van der Waals surface area contributed by atoms with Crippen LogP contribution in [0, 0.1) is 12.8 Å². The number of hydrogen-bond acceptors (Lipinski definition) is 2. The van der Waals surface area contributed by atoms with Gasteiger partial charge >= 0.3 is 5.97 Å². The van der Waals surface area contributed by atoms with Crippen LogP contribution >= 0.6 is 0 Å². The van der Waals surface area contributed by atoms with Crippen molar-refractivity contribution in [3.05, 3.63) is 29.3 Å². The fourth-order valence-electron chi connectivity index (χ4n) is 2.53. The molecule has 0 saturated carbocycles. The van der Waals surface area contributed by atoms with Crippen molar-refractivity contribution in [2.75, 3.05) is 11.4 Å². The first-order valence-electron chi connectivity index (χ1n) is 6.84. The minimum absolute atomic E-state index is 0.0574. The molecule has 0 aromatic heterocycles. The molecule has 1 saturated heterocycles. The summed E-state index contributed by atoms with van der Waals surface area (Å²) in [6.07, 6.45) is 0.0931. The molecule has 1 heterocycles. The minimum atomic E-state index is -0.898. The molecular formula is C16H21NO3. The van der Waals surface area contributed by atoms with E-state index < -0.39 is 11.9 Å². The fourth-order valence-corrected chi connectivity index (χ4v) is 2.53. The average molecular weight is 275 g/mol. The molecule has 1 atom stereocenters. The van der Waals surface area contributed by atoms with Crippen LogP contribution in [0.2, 0.25) is 0 Å². The van der Waals surface area contributed by atoms with Gasteiger partial charge in [0.2, 0.25) is 5.91 Å². The summed E-state index contributed by atoms with van der Waals surface area (Å²) in [6.45, 7) is 8.66. The number of aryl methyl sites for hydroxylation is 1. The second-order valence-electron chi connectivity index (χ2n) is 6.49. The van der Waals surface area contributed by atoms with Gasteiger partial charge in [0.15, 0.2) is 0 Å². The smallest absolute Gasteiger partial charge is 0.308 e. The van der Waals surface area contributed by atoms with Crippen molar-refractivity contribution in [2.24, 2.45) is 5.92 Å². The van der Waals surface area contributed by atoms with Crippen molar-refractivity contribution in [3.8, 4) is 0 Å². The lowest BCUT2D eigenvalue weighted by Gasteiger charge is -2.23. The molecule has 1 fully saturated rings. The van der Waals surface area contributed by atoms with Crippen LogP contribution in [0.15, 0.2) is 18.2 Å². The number of hydrogen-bond donors (Lipinski definition) is 1. The fraction of sp³-hybridized carbons (Fsp3) is 0.500. The van der Waals surface area contributed by atoms with Gasteiger partial charge in [0.1, 0.15) is 0 Å². The molecule has 0 bridgehead atoms. The number of amides is 1. The van der Waals surface area contributed by atoms with E-state index in [1.807, 2.05) is 19.1 Å². The average Bonchev–Trinajstić information content (AvgIpc) is 2.70. The van der Waals surface area contributed by atoms with E-state index in [1.54, 1.807) is 4.90 Å². The SMILES string of the molecule is Cc1cc(C(C)(C)C)ccc1N1CC(C(=O)O)CC1=O. The van der Waals surface area contributed by atoms with Gasteiger partial charge in [0.05, 0.1) is 5.92 Å². The van der Waals surface area contributed by atoms with Crippen LogP contribution in [0.5, 0.6) is 0 Å². The van der Waals surface area contributed by atoms with Gasteiger partial charge in [0.25, 0.3) is 0 Å². The third-order valence-electron chi connectivity index (χ3n) is 3.83. The van der Waals surface area contributed by atoms with Crippen molar-refractivity contribution >= 4 is 17.6 Å². The molecule has 20 heavy (non-hydrogen) atoms. The van der Waals surface area contributed by atoms with Crippen LogP contribution < -0.4 is 4.90 Å². The molecule has 1 aromatic rings. The molecule has 4 nitrogen and oxygen atoms in total. The first-order valence-corrected chi connectivity index (χ1v) is 6.84. The summed E-state index contributed by atoms with van der Waals surface area (Å²) in [5.74, 6) is -1.60. The van der Waals surface area contributed by atoms with Gasteiger partial charge < -0.3 is 10.0 Å². The highest BCUT2D eigenvalue weighted by Gasteiger charge is 2.35. The van der Waals surface area contributed by atoms with Crippen molar-refractivity contribution in [1.29, 1.82) is 0 Å². The quantitative estimate of drug-likeness (QED) is 0.903. The molecule has 0 radical (unpaired) electrons. The molecule has 1 aromatic carbocycles. The molecule has 2 rings (SSSR count). The van der Waals surface area contributed by atoms with Crippen LogP contribution in [-0.2, 0) is 15.0 Å². The Morgan fingerprint density at radius 2 is 2.00 bits per heavy atom. The van der Waals surface area contributed by atoms with E-state index in [-0.39, 0.29) is 24.3 Å². The summed E-state index contributed by atoms with van der Waals surface area (Å²) in [5.41, 5.74) is 3.10. The highest BCUT2D eigenvalue weighted by molar-refractivity contribution is 5.99. The van der Waals surface area contributed by atoms with E-state index in [9.17, 15) is 9.59 Å². The molecule has 1 aliphatic rings. The van der Waals surface area contributed by atoms with Gasteiger partial charge in [-0.1, -0.05) is 32.9 Å². The molecule has 0 aliphatic carbocycles. The normalized spacial score (nSPS) is 19.5. The Morgan fingerprint density at radius 1 is 1.35 bits per heavy atom. The van der Waals surface area contributed by atoms with E-state index in [4.69, 9.17) is 5.11 Å². The van der Waals surface area contributed by atoms with Crippen LogP contribution in [0.1, 0.15) is 38.3 Å². The van der Waals surface area contributed by atoms with Gasteiger partial charge in [-0.2, -0.15) is 0 Å². The lowest BCUT2D eigenvalue weighted by molar-refractivity contribution is -0.141. The number of aliphatic carboxylic acids is 1. The van der Waals surface area contributed by atoms with Gasteiger partial charge in [-0.25, -0.2) is 0 Å². The molecule has 108 valence electrons. The highest BCUT2D eigenvalue weighted by Crippen LogP contribution is 2.31. The largest absolute Gasteiger partial charge is 0.481 e. The number of anilines is 1. The second kappa shape index (κ2) is 4.93. The van der Waals surface area contributed by atoms with Gasteiger partial charge in [0, 0.05) is 18.7 Å². The van der Waals surface area contributed by atoms with E-state index in [0.29, 0.717) is 0 Å². The van der Waals surface area contributed by atoms with E-state index in [0.717, 1.165) is 11.3 Å². The highest BCUT2D eigenvalue weighted by atomic mass is 16.4. The number of carbonyl (C=O) groups excluding carboxylic acids is 1. The molecule has 0 spiro atoms. The summed E-state index contributed by atoms with van der Waals surface area (Å²) < 4.78 is 0. The van der Waals surface area contributed by atoms with E-state index in [2.05, 4.69) is 26.8 Å². The lowest BCUT2D eigenvalue weighted by atomic mass is 9.86. The van der Waals surface area contributed by atoms with Gasteiger partial charge in [-0.3, -0.25) is 9.59 Å². The standard InChI is InChI=1S/C16H21NO3/c1-10-7-12(16(2,3)4)5-6-13(10)17-9-11(15(19)20)8-14(17)18/h5-7,11H,8-9H2,1-4H3,(H,19,20). The number of carbonyl (C=O) groups is 2. The third-order valence-corrected chi connectivity index (χ3v) is 3.83. The molecular weight excluding hydrogens is 254 g/mol. The van der Waals surface area contributed by atoms with Crippen LogP contribution in [0.3, 0.4) is 0 Å². The number of carboxylic acid groups (broad SMARTS) is 1. The molecule has 1 unspecified atom stereocenters. The van der Waals surface area contributed by atoms with E-state index in [1.165, 1.54) is 5.56 Å². The predicted molar refractivity (Wildman–Crippen MR) is 78.0 cm³/mol. The maximum absolute atomic E-state index is 12.0. The summed E-state index contributed by atoms with van der Waals surface area (Å²) in [5, 5.41) is 9.04. The number of carboxylic acids is 1. The van der Waals surface area contributed by atoms with Crippen LogP contribution in [0.4, 0.5) is 5.69 Å². The second-order valence-corrected chi connectivity index (χ2v) is 6.49. The maximum Gasteiger partial charge on any atom is 0.308 e. The summed E-state index contributed by atoms with van der Waals surface area (Å²) in [7, 11) is 0. The van der Waals surface area contributed by atoms with Crippen molar-refractivity contribution in [2.45, 2.75) is 39.5 Å². The lowest BCUT2D eigenvalue weighted by Crippen LogP contribution is -2.26. The first kappa shape index (κ1) is 14.6. The van der Waals surface area contributed by atoms with Gasteiger partial charge in [-0.05, 0) is 29.5 Å². The van der Waals surface area contributed by atoms with Crippen LogP contribution in [-0.4, -0.2) is 23.5 Å². The Bertz CT molecular complexity index is 557. The Kier molecular flexibility index (Phi) is 3.59. The minimum Gasteiger partial charge on any atom is -0.481 e. The Labute approximate surface area is 119 Å². The van der Waals surface area contributed by atoms with Crippen LogP contribution in [0.25, 0.3) is 0 Å². The zero-order valence-corrected chi connectivity index (χ0v) is 12.4. The Hall–Kier alpha value is -1.84. The zero-order chi connectivity index (χ0) is 15.1. The molecule has 1 aliphatic heterocycles. The number of benzene rings is 1. The number of rotatable bonds is 2. The van der Waals surface area contributed by atoms with Crippen molar-refractivity contribution < 1.29 is 14.7 Å². The molecule has 1 N–H and O–H groups in total. The van der Waals surface area contributed by atoms with Crippen molar-refractivity contribution in [1.82, 2.24) is 0 Å². The monoisotopic (exact) mass is 275 g/mol. The molecule has 4 heteroatoms. The number of nitrogens with zero attached hydrogens (tertiary/aromatic N) is 1. The van der Waals surface area contributed by atoms with Crippen molar-refractivity contribution in [3.63, 3.8) is 0 Å². The topological polar surface area (TPSA) is 57.6 Å². The summed E-state index contributed by atoms with van der Waals surface area (Å²) in [4.78, 5) is 24.6. The first-order chi connectivity index (χ1) is 9.20. The zero-order valence-electron chi connectivity index (χ0n) is 12.4. The summed E-state index contributed by atoms with van der Waals surface area (Å²) in [6, 6.07) is 6.03. The molecule has 1 amide bonds. The van der Waals surface area contributed by atoms with Gasteiger partial charge in [-0.15, -0.1) is 0 Å². The third kappa shape index (κ3) is 2.69. The Morgan fingerprint density at radius 3 is 2.45 bits per heavy atom. The maximum atomic E-state index is 12.0.